The monoisotopic (exact) mass is 406 g/mol. The number of hydrogen-bond donors (Lipinski definition) is 2. The number of H-pyrrole nitrogens is 1. The number of anilines is 1. The van der Waals surface area contributed by atoms with Crippen molar-refractivity contribution in [2.75, 3.05) is 19.0 Å². The number of hydrogen-bond acceptors (Lipinski definition) is 3. The molecule has 0 saturated heterocycles. The Morgan fingerprint density at radius 3 is 2.59 bits per heavy atom. The second-order valence-electron chi connectivity index (χ2n) is 6.45. The van der Waals surface area contributed by atoms with Gasteiger partial charge in [-0.2, -0.15) is 13.2 Å². The van der Waals surface area contributed by atoms with Crippen LogP contribution in [0.2, 0.25) is 0 Å². The molecule has 8 heteroatoms. The Morgan fingerprint density at radius 2 is 1.90 bits per heavy atom. The van der Waals surface area contributed by atoms with Gasteiger partial charge in [0.1, 0.15) is 5.69 Å². The molecule has 2 aromatic carbocycles. The first kappa shape index (κ1) is 20.6. The number of carbonyl (C=O) groups is 1. The number of carbonyl (C=O) groups excluding carboxylic acids is 1. The van der Waals surface area contributed by atoms with Gasteiger partial charge >= 0.3 is 6.18 Å². The van der Waals surface area contributed by atoms with Gasteiger partial charge in [-0.15, -0.1) is 0 Å². The molecule has 3 rings (SSSR count). The van der Waals surface area contributed by atoms with E-state index in [1.165, 1.54) is 12.1 Å². The molecule has 5 nitrogen and oxygen atoms in total. The van der Waals surface area contributed by atoms with Crippen LogP contribution in [0.25, 0.3) is 10.9 Å². The van der Waals surface area contributed by atoms with Crippen LogP contribution in [0.15, 0.2) is 42.5 Å². The van der Waals surface area contributed by atoms with Gasteiger partial charge in [-0.1, -0.05) is 6.07 Å². The van der Waals surface area contributed by atoms with Crippen molar-refractivity contribution < 1.29 is 27.4 Å². The summed E-state index contributed by atoms with van der Waals surface area (Å²) in [6, 6.07) is 11.1. The van der Waals surface area contributed by atoms with E-state index >= 15 is 0 Å². The van der Waals surface area contributed by atoms with Gasteiger partial charge in [0.25, 0.3) is 0 Å². The number of rotatable bonds is 7. The molecule has 0 saturated carbocycles. The quantitative estimate of drug-likeness (QED) is 0.569. The summed E-state index contributed by atoms with van der Waals surface area (Å²) in [6.45, 7) is 2.40. The average Bonchev–Trinajstić information content (AvgIpc) is 3.11. The van der Waals surface area contributed by atoms with Gasteiger partial charge in [-0.05, 0) is 55.3 Å². The molecule has 154 valence electrons. The summed E-state index contributed by atoms with van der Waals surface area (Å²) < 4.78 is 49.2. The topological polar surface area (TPSA) is 63.3 Å². The summed E-state index contributed by atoms with van der Waals surface area (Å²) in [6.07, 6.45) is -3.74. The number of aryl methyl sites for hydroxylation is 1. The minimum absolute atomic E-state index is 0.218. The maximum atomic E-state index is 12.8. The number of benzene rings is 2. The number of nitrogens with one attached hydrogen (secondary N) is 2. The van der Waals surface area contributed by atoms with Gasteiger partial charge in [0, 0.05) is 23.0 Å². The molecule has 1 aromatic heterocycles. The molecule has 29 heavy (non-hydrogen) atoms. The maximum absolute atomic E-state index is 12.8. The third kappa shape index (κ3) is 5.01. The summed E-state index contributed by atoms with van der Waals surface area (Å²) in [5, 5.41) is 3.10. The number of ether oxygens (including phenoxy) is 2. The average molecular weight is 406 g/mol. The van der Waals surface area contributed by atoms with Crippen LogP contribution < -0.4 is 14.8 Å². The zero-order chi connectivity index (χ0) is 21.0. The van der Waals surface area contributed by atoms with E-state index in [-0.39, 0.29) is 12.3 Å². The maximum Gasteiger partial charge on any atom is 0.431 e. The van der Waals surface area contributed by atoms with Crippen molar-refractivity contribution in [3.05, 3.63) is 53.7 Å². The molecule has 3 aromatic rings. The number of amides is 1. The molecular weight excluding hydrogens is 385 g/mol. The molecule has 1 amide bonds. The number of fused-ring (bicyclic) bond motifs is 1. The summed E-state index contributed by atoms with van der Waals surface area (Å²) in [7, 11) is 1.55. The second-order valence-corrected chi connectivity index (χ2v) is 6.45. The van der Waals surface area contributed by atoms with E-state index in [0.29, 0.717) is 41.1 Å². The van der Waals surface area contributed by atoms with Crippen molar-refractivity contribution in [2.45, 2.75) is 25.9 Å². The van der Waals surface area contributed by atoms with Crippen LogP contribution in [0.5, 0.6) is 11.5 Å². The van der Waals surface area contributed by atoms with E-state index in [1.54, 1.807) is 19.2 Å². The Kier molecular flexibility index (Phi) is 6.00. The Balaban J connectivity index is 1.63. The number of methoxy groups -OCH3 is 1. The zero-order valence-corrected chi connectivity index (χ0v) is 16.0. The third-order valence-electron chi connectivity index (χ3n) is 4.38. The van der Waals surface area contributed by atoms with Crippen LogP contribution in [-0.2, 0) is 17.4 Å². The molecule has 0 atom stereocenters. The molecule has 0 unspecified atom stereocenters. The smallest absolute Gasteiger partial charge is 0.431 e. The first-order chi connectivity index (χ1) is 13.8. The highest BCUT2D eigenvalue weighted by Gasteiger charge is 2.32. The molecule has 2 N–H and O–H groups in total. The first-order valence-electron chi connectivity index (χ1n) is 9.09. The standard InChI is InChI=1S/C21H21F3N2O3/c1-3-29-17-8-4-13(10-18(17)28-2)5-9-20(27)25-15-6-7-16-14(11-15)12-19(26-16)21(22,23)24/h4,6-8,10-12,26H,3,5,9H2,1-2H3,(H,25,27). The van der Waals surface area contributed by atoms with Gasteiger partial charge < -0.3 is 19.8 Å². The van der Waals surface area contributed by atoms with E-state index in [1.807, 2.05) is 19.1 Å². The Morgan fingerprint density at radius 1 is 1.10 bits per heavy atom. The number of alkyl halides is 3. The molecule has 1 heterocycles. The van der Waals surface area contributed by atoms with Crippen molar-refractivity contribution >= 4 is 22.5 Å². The van der Waals surface area contributed by atoms with E-state index in [0.717, 1.165) is 11.6 Å². The van der Waals surface area contributed by atoms with Gasteiger partial charge in [-0.3, -0.25) is 4.79 Å². The Labute approximate surface area is 165 Å². The molecule has 0 aliphatic rings. The lowest BCUT2D eigenvalue weighted by Gasteiger charge is -2.11. The van der Waals surface area contributed by atoms with E-state index in [9.17, 15) is 18.0 Å². The Hall–Kier alpha value is -3.16. The minimum atomic E-state index is -4.44. The van der Waals surface area contributed by atoms with Crippen molar-refractivity contribution in [2.24, 2.45) is 0 Å². The highest BCUT2D eigenvalue weighted by Crippen LogP contribution is 2.32. The van der Waals surface area contributed by atoms with Gasteiger partial charge in [0.05, 0.1) is 13.7 Å². The van der Waals surface area contributed by atoms with E-state index in [4.69, 9.17) is 9.47 Å². The van der Waals surface area contributed by atoms with Crippen LogP contribution in [0, 0.1) is 0 Å². The molecule has 0 aliphatic heterocycles. The highest BCUT2D eigenvalue weighted by atomic mass is 19.4. The molecule has 0 radical (unpaired) electrons. The predicted octanol–water partition coefficient (Wildman–Crippen LogP) is 5.17. The van der Waals surface area contributed by atoms with Gasteiger partial charge in [-0.25, -0.2) is 0 Å². The zero-order valence-electron chi connectivity index (χ0n) is 16.0. The summed E-state index contributed by atoms with van der Waals surface area (Å²) in [4.78, 5) is 14.6. The molecule has 0 bridgehead atoms. The SMILES string of the molecule is CCOc1ccc(CCC(=O)Nc2ccc3[nH]c(C(F)(F)F)cc3c2)cc1OC. The molecule has 0 fully saturated rings. The van der Waals surface area contributed by atoms with Gasteiger partial charge in [0.2, 0.25) is 5.91 Å². The molecule has 0 aliphatic carbocycles. The van der Waals surface area contributed by atoms with Gasteiger partial charge in [0.15, 0.2) is 11.5 Å². The lowest BCUT2D eigenvalue weighted by Crippen LogP contribution is -2.12. The lowest BCUT2D eigenvalue weighted by molar-refractivity contribution is -0.140. The van der Waals surface area contributed by atoms with Crippen molar-refractivity contribution in [3.8, 4) is 11.5 Å². The summed E-state index contributed by atoms with van der Waals surface area (Å²) in [5.41, 5.74) is 0.896. The predicted molar refractivity (Wildman–Crippen MR) is 104 cm³/mol. The minimum Gasteiger partial charge on any atom is -0.493 e. The fourth-order valence-electron chi connectivity index (χ4n) is 2.99. The van der Waals surface area contributed by atoms with Crippen LogP contribution >= 0.6 is 0 Å². The third-order valence-corrected chi connectivity index (χ3v) is 4.38. The second kappa shape index (κ2) is 8.46. The molecular formula is C21H21F3N2O3. The van der Waals surface area contributed by atoms with E-state index < -0.39 is 11.9 Å². The summed E-state index contributed by atoms with van der Waals surface area (Å²) >= 11 is 0. The first-order valence-corrected chi connectivity index (χ1v) is 9.09. The number of aromatic nitrogens is 1. The van der Waals surface area contributed by atoms with Crippen LogP contribution in [-0.4, -0.2) is 24.6 Å². The largest absolute Gasteiger partial charge is 0.493 e. The van der Waals surface area contributed by atoms with Crippen LogP contribution in [0.4, 0.5) is 18.9 Å². The van der Waals surface area contributed by atoms with Crippen molar-refractivity contribution in [3.63, 3.8) is 0 Å². The number of aromatic amines is 1. The highest BCUT2D eigenvalue weighted by molar-refractivity contribution is 5.94. The van der Waals surface area contributed by atoms with Crippen molar-refractivity contribution in [1.29, 1.82) is 0 Å². The lowest BCUT2D eigenvalue weighted by atomic mass is 10.1. The van der Waals surface area contributed by atoms with Crippen LogP contribution in [0.1, 0.15) is 24.6 Å². The Bertz CT molecular complexity index is 1010. The number of halogens is 3. The van der Waals surface area contributed by atoms with E-state index in [2.05, 4.69) is 10.3 Å². The normalized spacial score (nSPS) is 11.5. The fourth-order valence-corrected chi connectivity index (χ4v) is 2.99. The van der Waals surface area contributed by atoms with Crippen LogP contribution in [0.3, 0.4) is 0 Å². The van der Waals surface area contributed by atoms with Crippen molar-refractivity contribution in [1.82, 2.24) is 4.98 Å². The summed E-state index contributed by atoms with van der Waals surface area (Å²) in [5.74, 6) is 1.01. The molecule has 0 spiro atoms. The fraction of sp³-hybridized carbons (Fsp3) is 0.286.